The van der Waals surface area contributed by atoms with Gasteiger partial charge in [0.1, 0.15) is 0 Å². The van der Waals surface area contributed by atoms with Gasteiger partial charge in [-0.05, 0) is 44.7 Å². The van der Waals surface area contributed by atoms with Crippen LogP contribution in [0.25, 0.3) is 16.0 Å². The van der Waals surface area contributed by atoms with Crippen molar-refractivity contribution < 1.29 is 4.79 Å². The Balaban J connectivity index is 1.52. The molecule has 0 atom stereocenters. The van der Waals surface area contributed by atoms with Crippen LogP contribution in [0.5, 0.6) is 0 Å². The Morgan fingerprint density at radius 1 is 1.10 bits per heavy atom. The van der Waals surface area contributed by atoms with Crippen molar-refractivity contribution >= 4 is 32.7 Å². The summed E-state index contributed by atoms with van der Waals surface area (Å²) in [4.78, 5) is 21.9. The van der Waals surface area contributed by atoms with Crippen LogP contribution in [0.3, 0.4) is 0 Å². The molecule has 1 aliphatic rings. The highest BCUT2D eigenvalue weighted by atomic mass is 32.1. The quantitative estimate of drug-likeness (QED) is 0.601. The zero-order valence-corrected chi connectivity index (χ0v) is 19.2. The first-order chi connectivity index (χ1) is 14.4. The summed E-state index contributed by atoms with van der Waals surface area (Å²) in [5.74, 6) is 0.859. The number of rotatable bonds is 5. The van der Waals surface area contributed by atoms with Gasteiger partial charge in [0.15, 0.2) is 10.8 Å². The maximum absolute atomic E-state index is 12.6. The van der Waals surface area contributed by atoms with Gasteiger partial charge in [-0.1, -0.05) is 42.9 Å². The summed E-state index contributed by atoms with van der Waals surface area (Å²) in [5, 5.41) is 5.75. The summed E-state index contributed by atoms with van der Waals surface area (Å²) in [5.41, 5.74) is 4.20. The lowest BCUT2D eigenvalue weighted by atomic mass is 10.1. The van der Waals surface area contributed by atoms with Crippen molar-refractivity contribution in [2.45, 2.75) is 47.0 Å². The van der Waals surface area contributed by atoms with Gasteiger partial charge in [-0.2, -0.15) is 10.1 Å². The molecule has 1 aromatic carbocycles. The number of thiazole rings is 1. The summed E-state index contributed by atoms with van der Waals surface area (Å²) in [7, 11) is 0. The van der Waals surface area contributed by atoms with E-state index < -0.39 is 0 Å². The highest BCUT2D eigenvalue weighted by Gasteiger charge is 2.23. The van der Waals surface area contributed by atoms with E-state index in [9.17, 15) is 4.79 Å². The van der Waals surface area contributed by atoms with Crippen LogP contribution in [0.1, 0.15) is 44.4 Å². The number of carbonyl (C=O) groups excluding carboxylic acids is 1. The SMILES string of the molecule is Cc1ccc(-n2nc(C)c3sc(N4CCCN(C(=O)CCC(C)C)CC4)nc32)cc1. The molecule has 2 aromatic heterocycles. The van der Waals surface area contributed by atoms with Gasteiger partial charge in [-0.25, -0.2) is 4.68 Å². The fourth-order valence-electron chi connectivity index (χ4n) is 3.85. The summed E-state index contributed by atoms with van der Waals surface area (Å²) >= 11 is 1.71. The van der Waals surface area contributed by atoms with E-state index >= 15 is 0 Å². The monoisotopic (exact) mass is 425 g/mol. The van der Waals surface area contributed by atoms with E-state index in [-0.39, 0.29) is 0 Å². The molecule has 4 rings (SSSR count). The minimum atomic E-state index is 0.292. The highest BCUT2D eigenvalue weighted by molar-refractivity contribution is 7.22. The summed E-state index contributed by atoms with van der Waals surface area (Å²) in [6.45, 7) is 11.9. The van der Waals surface area contributed by atoms with Gasteiger partial charge in [0.2, 0.25) is 5.91 Å². The lowest BCUT2D eigenvalue weighted by Gasteiger charge is -2.22. The van der Waals surface area contributed by atoms with Gasteiger partial charge in [-0.15, -0.1) is 0 Å². The van der Waals surface area contributed by atoms with Crippen molar-refractivity contribution in [3.63, 3.8) is 0 Å². The molecule has 0 N–H and O–H groups in total. The zero-order chi connectivity index (χ0) is 21.3. The largest absolute Gasteiger partial charge is 0.346 e. The third-order valence-electron chi connectivity index (χ3n) is 5.71. The fraction of sp³-hybridized carbons (Fsp3) is 0.522. The average Bonchev–Trinajstić information content (AvgIpc) is 3.18. The smallest absolute Gasteiger partial charge is 0.222 e. The normalized spacial score (nSPS) is 15.2. The van der Waals surface area contributed by atoms with Crippen LogP contribution in [-0.4, -0.2) is 51.8 Å². The Morgan fingerprint density at radius 3 is 2.60 bits per heavy atom. The first kappa shape index (κ1) is 20.8. The lowest BCUT2D eigenvalue weighted by molar-refractivity contribution is -0.131. The minimum Gasteiger partial charge on any atom is -0.346 e. The molecule has 160 valence electrons. The third-order valence-corrected chi connectivity index (χ3v) is 6.92. The molecule has 1 aliphatic heterocycles. The van der Waals surface area contributed by atoms with Crippen LogP contribution in [0.15, 0.2) is 24.3 Å². The average molecular weight is 426 g/mol. The van der Waals surface area contributed by atoms with Crippen LogP contribution in [0.4, 0.5) is 5.13 Å². The maximum Gasteiger partial charge on any atom is 0.222 e. The van der Waals surface area contributed by atoms with E-state index in [1.54, 1.807) is 11.3 Å². The van der Waals surface area contributed by atoms with Crippen molar-refractivity contribution in [2.24, 2.45) is 5.92 Å². The van der Waals surface area contributed by atoms with Gasteiger partial charge in [-0.3, -0.25) is 4.79 Å². The second-order valence-electron chi connectivity index (χ2n) is 8.64. The number of fused-ring (bicyclic) bond motifs is 1. The number of benzene rings is 1. The van der Waals surface area contributed by atoms with Crippen molar-refractivity contribution in [3.8, 4) is 5.69 Å². The summed E-state index contributed by atoms with van der Waals surface area (Å²) in [6, 6.07) is 8.38. The molecule has 30 heavy (non-hydrogen) atoms. The van der Waals surface area contributed by atoms with E-state index in [0.29, 0.717) is 18.2 Å². The number of aromatic nitrogens is 3. The molecule has 1 saturated heterocycles. The van der Waals surface area contributed by atoms with Crippen LogP contribution in [0.2, 0.25) is 0 Å². The lowest BCUT2D eigenvalue weighted by Crippen LogP contribution is -2.35. The molecule has 3 heterocycles. The number of amides is 1. The van der Waals surface area contributed by atoms with Gasteiger partial charge in [0, 0.05) is 32.6 Å². The Hall–Kier alpha value is -2.41. The number of carbonyl (C=O) groups is 1. The second-order valence-corrected chi connectivity index (χ2v) is 9.61. The molecule has 0 radical (unpaired) electrons. The van der Waals surface area contributed by atoms with Crippen molar-refractivity contribution in [2.75, 3.05) is 31.1 Å². The molecule has 0 aliphatic carbocycles. The van der Waals surface area contributed by atoms with E-state index in [1.165, 1.54) is 5.56 Å². The van der Waals surface area contributed by atoms with E-state index in [0.717, 1.165) is 65.9 Å². The fourth-order valence-corrected chi connectivity index (χ4v) is 4.89. The number of hydrogen-bond donors (Lipinski definition) is 0. The zero-order valence-electron chi connectivity index (χ0n) is 18.4. The van der Waals surface area contributed by atoms with Crippen molar-refractivity contribution in [1.82, 2.24) is 19.7 Å². The van der Waals surface area contributed by atoms with E-state index in [1.807, 2.05) is 16.5 Å². The number of aryl methyl sites for hydroxylation is 2. The highest BCUT2D eigenvalue weighted by Crippen LogP contribution is 2.33. The van der Waals surface area contributed by atoms with Gasteiger partial charge in [0.05, 0.1) is 16.1 Å². The van der Waals surface area contributed by atoms with Crippen LogP contribution in [-0.2, 0) is 4.79 Å². The van der Waals surface area contributed by atoms with E-state index in [4.69, 9.17) is 10.1 Å². The molecule has 6 nitrogen and oxygen atoms in total. The predicted octanol–water partition coefficient (Wildman–Crippen LogP) is 4.57. The Morgan fingerprint density at radius 2 is 1.87 bits per heavy atom. The number of nitrogens with zero attached hydrogens (tertiary/aromatic N) is 5. The molecule has 0 bridgehead atoms. The molecule has 0 spiro atoms. The van der Waals surface area contributed by atoms with Crippen molar-refractivity contribution in [1.29, 1.82) is 0 Å². The first-order valence-corrected chi connectivity index (χ1v) is 11.7. The number of hydrogen-bond acceptors (Lipinski definition) is 5. The Labute approximate surface area is 182 Å². The van der Waals surface area contributed by atoms with Gasteiger partial charge >= 0.3 is 0 Å². The standard InChI is InChI=1S/C23H31N5OS/c1-16(2)6-11-20(29)26-12-5-13-27(15-14-26)23-24-22-21(30-23)18(4)25-28(22)19-9-7-17(3)8-10-19/h7-10,16H,5-6,11-15H2,1-4H3. The van der Waals surface area contributed by atoms with Gasteiger partial charge < -0.3 is 9.80 Å². The topological polar surface area (TPSA) is 54.3 Å². The maximum atomic E-state index is 12.6. The molecule has 1 amide bonds. The summed E-state index contributed by atoms with van der Waals surface area (Å²) < 4.78 is 3.09. The molecule has 3 aromatic rings. The number of anilines is 1. The third kappa shape index (κ3) is 4.36. The van der Waals surface area contributed by atoms with E-state index in [2.05, 4.69) is 49.9 Å². The first-order valence-electron chi connectivity index (χ1n) is 10.9. The van der Waals surface area contributed by atoms with Gasteiger partial charge in [0.25, 0.3) is 0 Å². The van der Waals surface area contributed by atoms with Crippen LogP contribution >= 0.6 is 11.3 Å². The Kier molecular flexibility index (Phi) is 6.09. The van der Waals surface area contributed by atoms with Crippen molar-refractivity contribution in [3.05, 3.63) is 35.5 Å². The summed E-state index contributed by atoms with van der Waals surface area (Å²) in [6.07, 6.45) is 2.60. The molecule has 7 heteroatoms. The molecular weight excluding hydrogens is 394 g/mol. The molecular formula is C23H31N5OS. The molecule has 1 fully saturated rings. The van der Waals surface area contributed by atoms with Crippen LogP contribution < -0.4 is 4.90 Å². The predicted molar refractivity (Wildman–Crippen MR) is 124 cm³/mol. The Bertz CT molecular complexity index is 1020. The second kappa shape index (κ2) is 8.76. The molecule has 0 unspecified atom stereocenters. The molecule has 0 saturated carbocycles. The minimum absolute atomic E-state index is 0.292. The van der Waals surface area contributed by atoms with Crippen LogP contribution in [0, 0.1) is 19.8 Å².